The molecule has 6 nitrogen and oxygen atoms in total. The Hall–Kier alpha value is -3.01. The van der Waals surface area contributed by atoms with E-state index in [1.807, 2.05) is 47.2 Å². The molecule has 0 aliphatic rings. The second-order valence-electron chi connectivity index (χ2n) is 7.05. The van der Waals surface area contributed by atoms with Gasteiger partial charge in [-0.15, -0.1) is 0 Å². The number of hydrogen-bond donors (Lipinski definition) is 1. The predicted molar refractivity (Wildman–Crippen MR) is 134 cm³/mol. The zero-order valence-electron chi connectivity index (χ0n) is 17.8. The maximum absolute atomic E-state index is 15.1. The summed E-state index contributed by atoms with van der Waals surface area (Å²) in [6.07, 6.45) is 0. The van der Waals surface area contributed by atoms with Crippen LogP contribution in [0.15, 0.2) is 63.8 Å². The minimum absolute atomic E-state index is 0.0184. The molecule has 0 radical (unpaired) electrons. The largest absolute Gasteiger partial charge is 0.492 e. The molecule has 0 unspecified atom stereocenters. The number of nitrogens with one attached hydrogen (secondary N) is 1. The van der Waals surface area contributed by atoms with Gasteiger partial charge in [-0.3, -0.25) is 0 Å². The van der Waals surface area contributed by atoms with E-state index in [-0.39, 0.29) is 34.5 Å². The summed E-state index contributed by atoms with van der Waals surface area (Å²) in [5.41, 5.74) is 1.85. The lowest BCUT2D eigenvalue weighted by molar-refractivity contribution is 0.0464. The van der Waals surface area contributed by atoms with Crippen molar-refractivity contribution in [1.29, 1.82) is 0 Å². The van der Waals surface area contributed by atoms with Crippen molar-refractivity contribution in [2.45, 2.75) is 13.2 Å². The Bertz CT molecular complexity index is 1310. The second kappa shape index (κ2) is 10.9. The molecule has 0 fully saturated rings. The van der Waals surface area contributed by atoms with Gasteiger partial charge in [-0.25, -0.2) is 19.2 Å². The van der Waals surface area contributed by atoms with Crippen molar-refractivity contribution in [1.82, 2.24) is 9.97 Å². The molecule has 0 bridgehead atoms. The van der Waals surface area contributed by atoms with Gasteiger partial charge in [0.25, 0.3) is 0 Å². The minimum Gasteiger partial charge on any atom is -0.492 e. The number of hydrogen-bond acceptors (Lipinski definition) is 7. The Kier molecular flexibility index (Phi) is 7.77. The monoisotopic (exact) mass is 561 g/mol. The third-order valence-corrected chi connectivity index (χ3v) is 6.57. The fourth-order valence-electron chi connectivity index (χ4n) is 3.08. The van der Waals surface area contributed by atoms with Crippen molar-refractivity contribution >= 4 is 50.7 Å². The van der Waals surface area contributed by atoms with E-state index in [9.17, 15) is 4.79 Å². The van der Waals surface area contributed by atoms with Crippen molar-refractivity contribution in [3.05, 3.63) is 91.4 Å². The van der Waals surface area contributed by atoms with Crippen LogP contribution in [0.5, 0.6) is 5.75 Å². The van der Waals surface area contributed by atoms with Crippen molar-refractivity contribution < 1.29 is 18.7 Å². The quantitative estimate of drug-likeness (QED) is 0.240. The molecule has 0 aliphatic carbocycles. The topological polar surface area (TPSA) is 73.3 Å². The van der Waals surface area contributed by atoms with Crippen LogP contribution in [0.1, 0.15) is 21.6 Å². The summed E-state index contributed by atoms with van der Waals surface area (Å²) in [4.78, 5) is 21.7. The van der Waals surface area contributed by atoms with Crippen LogP contribution in [-0.2, 0) is 17.9 Å². The predicted octanol–water partition coefficient (Wildman–Crippen LogP) is 6.74. The number of rotatable bonds is 8. The van der Waals surface area contributed by atoms with Gasteiger partial charge >= 0.3 is 5.97 Å². The Morgan fingerprint density at radius 1 is 1.15 bits per heavy atom. The zero-order valence-corrected chi connectivity index (χ0v) is 21.0. The van der Waals surface area contributed by atoms with Gasteiger partial charge in [0, 0.05) is 6.54 Å². The molecule has 174 valence electrons. The highest BCUT2D eigenvalue weighted by atomic mass is 79.9. The van der Waals surface area contributed by atoms with E-state index < -0.39 is 11.8 Å². The average molecular weight is 563 g/mol. The molecule has 34 heavy (non-hydrogen) atoms. The lowest BCUT2D eigenvalue weighted by Crippen LogP contribution is -2.13. The van der Waals surface area contributed by atoms with Crippen LogP contribution in [0.3, 0.4) is 0 Å². The zero-order chi connectivity index (χ0) is 24.1. The highest BCUT2D eigenvalue weighted by Gasteiger charge is 2.24. The van der Waals surface area contributed by atoms with Crippen LogP contribution in [0.25, 0.3) is 11.4 Å². The molecule has 4 rings (SSSR count). The first kappa shape index (κ1) is 24.1. The molecular formula is C24H18BrClFN3O3S. The SMILES string of the molecule is COc1c(Cl)ccc(-c2nc(NCc3ccsc3)c(Br)c(C(=O)OCc3ccccc3)n2)c1F. The minimum atomic E-state index is -0.732. The smallest absolute Gasteiger partial charge is 0.358 e. The van der Waals surface area contributed by atoms with Crippen molar-refractivity contribution in [3.8, 4) is 17.1 Å². The summed E-state index contributed by atoms with van der Waals surface area (Å²) >= 11 is 11.0. The number of carbonyl (C=O) groups is 1. The average Bonchev–Trinajstić information content (AvgIpc) is 3.37. The summed E-state index contributed by atoms with van der Waals surface area (Å²) < 4.78 is 26.0. The molecule has 0 atom stereocenters. The van der Waals surface area contributed by atoms with Crippen molar-refractivity contribution in [2.75, 3.05) is 12.4 Å². The van der Waals surface area contributed by atoms with Crippen LogP contribution >= 0.6 is 38.9 Å². The Morgan fingerprint density at radius 2 is 1.94 bits per heavy atom. The number of ether oxygens (including phenoxy) is 2. The van der Waals surface area contributed by atoms with Gasteiger partial charge in [0.1, 0.15) is 12.4 Å². The van der Waals surface area contributed by atoms with Gasteiger partial charge in [-0.1, -0.05) is 41.9 Å². The Morgan fingerprint density at radius 3 is 2.65 bits per heavy atom. The van der Waals surface area contributed by atoms with Gasteiger partial charge in [0.2, 0.25) is 0 Å². The number of esters is 1. The van der Waals surface area contributed by atoms with Crippen LogP contribution in [0.4, 0.5) is 10.2 Å². The highest BCUT2D eigenvalue weighted by molar-refractivity contribution is 9.10. The van der Waals surface area contributed by atoms with Crippen LogP contribution in [-0.4, -0.2) is 23.0 Å². The number of methoxy groups -OCH3 is 1. The van der Waals surface area contributed by atoms with Gasteiger partial charge in [-0.2, -0.15) is 11.3 Å². The van der Waals surface area contributed by atoms with Crippen LogP contribution in [0.2, 0.25) is 5.02 Å². The fraction of sp³-hybridized carbons (Fsp3) is 0.125. The van der Waals surface area contributed by atoms with Gasteiger partial charge in [-0.05, 0) is 56.0 Å². The molecule has 0 aliphatic heterocycles. The summed E-state index contributed by atoms with van der Waals surface area (Å²) in [5.74, 6) is -1.25. The molecule has 10 heteroatoms. The Balaban J connectivity index is 1.72. The van der Waals surface area contributed by atoms with E-state index in [1.54, 1.807) is 11.3 Å². The third-order valence-electron chi connectivity index (χ3n) is 4.79. The van der Waals surface area contributed by atoms with Crippen molar-refractivity contribution in [2.24, 2.45) is 0 Å². The van der Waals surface area contributed by atoms with E-state index in [0.717, 1.165) is 11.1 Å². The summed E-state index contributed by atoms with van der Waals surface area (Å²) in [6, 6.07) is 14.1. The number of nitrogens with zero attached hydrogens (tertiary/aromatic N) is 2. The normalized spacial score (nSPS) is 10.7. The lowest BCUT2D eigenvalue weighted by Gasteiger charge is -2.14. The summed E-state index contributed by atoms with van der Waals surface area (Å²) in [7, 11) is 1.32. The van der Waals surface area contributed by atoms with E-state index in [4.69, 9.17) is 21.1 Å². The highest BCUT2D eigenvalue weighted by Crippen LogP contribution is 2.35. The molecular weight excluding hydrogens is 545 g/mol. The molecule has 1 N–H and O–H groups in total. The molecule has 0 saturated carbocycles. The van der Waals surface area contributed by atoms with Gasteiger partial charge < -0.3 is 14.8 Å². The molecule has 2 aromatic carbocycles. The lowest BCUT2D eigenvalue weighted by atomic mass is 10.1. The first-order chi connectivity index (χ1) is 16.5. The molecule has 2 heterocycles. The molecule has 2 aromatic heterocycles. The standard InChI is InChI=1S/C24H18BrClFN3O3S/c1-32-21-17(26)8-7-16(19(21)27)22-29-20(24(31)33-12-14-5-3-2-4-6-14)18(25)23(30-22)28-11-15-9-10-34-13-15/h2-10,13H,11-12H2,1H3,(H,28,29,30). The number of carbonyl (C=O) groups excluding carboxylic acids is 1. The molecule has 0 amide bonds. The second-order valence-corrected chi connectivity index (χ2v) is 9.03. The number of benzene rings is 2. The van der Waals surface area contributed by atoms with E-state index in [0.29, 0.717) is 16.8 Å². The van der Waals surface area contributed by atoms with E-state index in [2.05, 4.69) is 31.2 Å². The number of thiophene rings is 1. The van der Waals surface area contributed by atoms with Crippen molar-refractivity contribution in [3.63, 3.8) is 0 Å². The van der Waals surface area contributed by atoms with E-state index >= 15 is 4.39 Å². The number of aromatic nitrogens is 2. The first-order valence-corrected chi connectivity index (χ1v) is 12.1. The Labute approximate surface area is 212 Å². The molecule has 4 aromatic rings. The number of halogens is 3. The fourth-order valence-corrected chi connectivity index (χ4v) is 4.45. The third kappa shape index (κ3) is 5.38. The van der Waals surface area contributed by atoms with Gasteiger partial charge in [0.05, 0.1) is 22.2 Å². The van der Waals surface area contributed by atoms with Gasteiger partial charge in [0.15, 0.2) is 23.1 Å². The maximum Gasteiger partial charge on any atom is 0.358 e. The van der Waals surface area contributed by atoms with E-state index in [1.165, 1.54) is 19.2 Å². The summed E-state index contributed by atoms with van der Waals surface area (Å²) in [5, 5.41) is 7.23. The molecule has 0 saturated heterocycles. The summed E-state index contributed by atoms with van der Waals surface area (Å²) in [6.45, 7) is 0.510. The molecule has 0 spiro atoms. The van der Waals surface area contributed by atoms with Crippen LogP contribution in [0, 0.1) is 5.82 Å². The van der Waals surface area contributed by atoms with Crippen LogP contribution < -0.4 is 10.1 Å². The number of anilines is 1. The first-order valence-electron chi connectivity index (χ1n) is 10.0. The maximum atomic E-state index is 15.1.